The molecule has 122 valence electrons. The van der Waals surface area contributed by atoms with Crippen LogP contribution >= 0.6 is 11.8 Å². The van der Waals surface area contributed by atoms with Crippen molar-refractivity contribution in [1.82, 2.24) is 15.3 Å². The number of fused-ring (bicyclic) bond motifs is 1. The lowest BCUT2D eigenvalue weighted by Gasteiger charge is -2.03. The minimum Gasteiger partial charge on any atom is -0.348 e. The van der Waals surface area contributed by atoms with Crippen LogP contribution in [-0.4, -0.2) is 26.6 Å². The van der Waals surface area contributed by atoms with Crippen LogP contribution in [-0.2, 0) is 11.3 Å². The van der Waals surface area contributed by atoms with Gasteiger partial charge in [0.25, 0.3) is 5.69 Å². The Hall–Kier alpha value is -2.87. The summed E-state index contributed by atoms with van der Waals surface area (Å²) in [5.74, 6) is 0.807. The number of nitrogens with one attached hydrogen (secondary N) is 2. The smallest absolute Gasteiger partial charge is 0.269 e. The van der Waals surface area contributed by atoms with E-state index in [4.69, 9.17) is 0 Å². The lowest BCUT2D eigenvalue weighted by Crippen LogP contribution is -2.25. The molecule has 0 fully saturated rings. The molecule has 3 aromatic rings. The maximum atomic E-state index is 11.9. The molecule has 1 aromatic heterocycles. The van der Waals surface area contributed by atoms with Gasteiger partial charge in [0.2, 0.25) is 5.91 Å². The number of hydrogen-bond acceptors (Lipinski definition) is 5. The maximum absolute atomic E-state index is 11.9. The number of aromatic nitrogens is 2. The second-order valence-corrected chi connectivity index (χ2v) is 6.07. The van der Waals surface area contributed by atoms with Crippen molar-refractivity contribution in [2.45, 2.75) is 11.4 Å². The number of aromatic amines is 1. The predicted octanol–water partition coefficient (Wildman–Crippen LogP) is 2.88. The van der Waals surface area contributed by atoms with Gasteiger partial charge in [-0.05, 0) is 24.3 Å². The number of para-hydroxylation sites is 2. The van der Waals surface area contributed by atoms with Gasteiger partial charge in [-0.1, -0.05) is 12.1 Å². The molecule has 8 heteroatoms. The van der Waals surface area contributed by atoms with Crippen molar-refractivity contribution in [2.24, 2.45) is 0 Å². The fraction of sp³-hybridized carbons (Fsp3) is 0.125. The zero-order valence-corrected chi connectivity index (χ0v) is 13.4. The number of amides is 1. The highest BCUT2D eigenvalue weighted by Crippen LogP contribution is 2.21. The SMILES string of the molecule is O=C(CSc1ccc([N+](=O)[O-])cc1)NCc1nc2ccccc2[nH]1. The van der Waals surface area contributed by atoms with E-state index in [-0.39, 0.29) is 17.3 Å². The summed E-state index contributed by atoms with van der Waals surface area (Å²) < 4.78 is 0. The van der Waals surface area contributed by atoms with E-state index >= 15 is 0 Å². The van der Waals surface area contributed by atoms with Crippen molar-refractivity contribution in [1.29, 1.82) is 0 Å². The van der Waals surface area contributed by atoms with E-state index < -0.39 is 4.92 Å². The Morgan fingerprint density at radius 2 is 1.96 bits per heavy atom. The lowest BCUT2D eigenvalue weighted by atomic mass is 10.3. The number of carbonyl (C=O) groups is 1. The van der Waals surface area contributed by atoms with E-state index in [1.807, 2.05) is 24.3 Å². The van der Waals surface area contributed by atoms with E-state index in [2.05, 4.69) is 15.3 Å². The summed E-state index contributed by atoms with van der Waals surface area (Å²) >= 11 is 1.32. The number of H-pyrrole nitrogens is 1. The molecule has 1 amide bonds. The Morgan fingerprint density at radius 3 is 2.67 bits per heavy atom. The first kappa shape index (κ1) is 16.0. The van der Waals surface area contributed by atoms with E-state index in [1.165, 1.54) is 23.9 Å². The summed E-state index contributed by atoms with van der Waals surface area (Å²) in [6, 6.07) is 13.8. The van der Waals surface area contributed by atoms with Crippen LogP contribution in [0.5, 0.6) is 0 Å². The molecule has 2 aromatic carbocycles. The quantitative estimate of drug-likeness (QED) is 0.407. The predicted molar refractivity (Wildman–Crippen MR) is 91.8 cm³/mol. The molecule has 0 atom stereocenters. The summed E-state index contributed by atoms with van der Waals surface area (Å²) in [5.41, 5.74) is 1.83. The Morgan fingerprint density at radius 1 is 1.21 bits per heavy atom. The fourth-order valence-corrected chi connectivity index (χ4v) is 2.86. The second kappa shape index (κ2) is 7.14. The molecule has 0 saturated heterocycles. The molecule has 0 saturated carbocycles. The highest BCUT2D eigenvalue weighted by Gasteiger charge is 2.08. The van der Waals surface area contributed by atoms with Crippen molar-refractivity contribution in [3.8, 4) is 0 Å². The first-order valence-corrected chi connectivity index (χ1v) is 8.18. The van der Waals surface area contributed by atoms with Gasteiger partial charge in [-0.3, -0.25) is 14.9 Å². The van der Waals surface area contributed by atoms with Crippen LogP contribution < -0.4 is 5.32 Å². The van der Waals surface area contributed by atoms with Crippen LogP contribution in [0.3, 0.4) is 0 Å². The van der Waals surface area contributed by atoms with Gasteiger partial charge in [0.05, 0.1) is 28.3 Å². The Kier molecular flexibility index (Phi) is 4.76. The molecule has 0 radical (unpaired) electrons. The van der Waals surface area contributed by atoms with Crippen molar-refractivity contribution in [3.63, 3.8) is 0 Å². The monoisotopic (exact) mass is 342 g/mol. The Labute approximate surface area is 141 Å². The number of carbonyl (C=O) groups excluding carboxylic acids is 1. The summed E-state index contributed by atoms with van der Waals surface area (Å²) in [6.45, 7) is 0.328. The third kappa shape index (κ3) is 3.90. The molecular formula is C16H14N4O3S. The van der Waals surface area contributed by atoms with Crippen molar-refractivity contribution < 1.29 is 9.72 Å². The molecule has 0 unspecified atom stereocenters. The van der Waals surface area contributed by atoms with Crippen LogP contribution in [0.25, 0.3) is 11.0 Å². The van der Waals surface area contributed by atoms with Crippen LogP contribution in [0.4, 0.5) is 5.69 Å². The normalized spacial score (nSPS) is 10.7. The van der Waals surface area contributed by atoms with Gasteiger partial charge in [-0.15, -0.1) is 11.8 Å². The van der Waals surface area contributed by atoms with Crippen molar-refractivity contribution >= 4 is 34.4 Å². The number of imidazole rings is 1. The summed E-state index contributed by atoms with van der Waals surface area (Å²) in [6.07, 6.45) is 0. The average molecular weight is 342 g/mol. The van der Waals surface area contributed by atoms with Gasteiger partial charge in [0.15, 0.2) is 0 Å². The zero-order valence-electron chi connectivity index (χ0n) is 12.6. The third-order valence-corrected chi connectivity index (χ3v) is 4.32. The summed E-state index contributed by atoms with van der Waals surface area (Å²) in [5, 5.41) is 13.4. The Bertz CT molecular complexity index is 843. The number of non-ortho nitro benzene ring substituents is 1. The van der Waals surface area contributed by atoms with Crippen molar-refractivity contribution in [3.05, 3.63) is 64.5 Å². The van der Waals surface area contributed by atoms with Gasteiger partial charge < -0.3 is 10.3 Å². The number of thioether (sulfide) groups is 1. The van der Waals surface area contributed by atoms with Gasteiger partial charge >= 0.3 is 0 Å². The lowest BCUT2D eigenvalue weighted by molar-refractivity contribution is -0.384. The van der Waals surface area contributed by atoms with Crippen LogP contribution in [0.1, 0.15) is 5.82 Å². The largest absolute Gasteiger partial charge is 0.348 e. The number of benzene rings is 2. The highest BCUT2D eigenvalue weighted by atomic mass is 32.2. The fourth-order valence-electron chi connectivity index (χ4n) is 2.14. The number of rotatable bonds is 6. The number of nitrogens with zero attached hydrogens (tertiary/aromatic N) is 2. The van der Waals surface area contributed by atoms with Gasteiger partial charge in [-0.2, -0.15) is 0 Å². The summed E-state index contributed by atoms with van der Waals surface area (Å²) in [4.78, 5) is 30.4. The second-order valence-electron chi connectivity index (χ2n) is 5.02. The molecule has 24 heavy (non-hydrogen) atoms. The molecule has 0 bridgehead atoms. The molecule has 0 spiro atoms. The third-order valence-electron chi connectivity index (χ3n) is 3.31. The molecule has 0 aliphatic heterocycles. The molecule has 0 aliphatic carbocycles. The van der Waals surface area contributed by atoms with Crippen LogP contribution in [0.15, 0.2) is 53.4 Å². The zero-order chi connectivity index (χ0) is 16.9. The summed E-state index contributed by atoms with van der Waals surface area (Å²) in [7, 11) is 0. The number of nitro groups is 1. The van der Waals surface area contributed by atoms with Crippen molar-refractivity contribution in [2.75, 3.05) is 5.75 Å². The van der Waals surface area contributed by atoms with Gasteiger partial charge in [-0.25, -0.2) is 4.98 Å². The van der Waals surface area contributed by atoms with E-state index in [9.17, 15) is 14.9 Å². The van der Waals surface area contributed by atoms with Crippen LogP contribution in [0.2, 0.25) is 0 Å². The Balaban J connectivity index is 1.49. The molecule has 1 heterocycles. The topological polar surface area (TPSA) is 101 Å². The molecule has 2 N–H and O–H groups in total. The minimum absolute atomic E-state index is 0.0358. The van der Waals surface area contributed by atoms with E-state index in [0.29, 0.717) is 12.4 Å². The standard InChI is InChI=1S/C16H14N4O3S/c21-16(10-24-12-7-5-11(6-8-12)20(22)23)17-9-15-18-13-3-1-2-4-14(13)19-15/h1-8H,9-10H2,(H,17,21)(H,18,19). The average Bonchev–Trinajstić information content (AvgIpc) is 3.01. The maximum Gasteiger partial charge on any atom is 0.269 e. The van der Waals surface area contributed by atoms with Crippen LogP contribution in [0, 0.1) is 10.1 Å². The highest BCUT2D eigenvalue weighted by molar-refractivity contribution is 8.00. The molecule has 0 aliphatic rings. The first-order valence-electron chi connectivity index (χ1n) is 7.19. The molecule has 3 rings (SSSR count). The molecular weight excluding hydrogens is 328 g/mol. The number of nitro benzene ring substituents is 1. The minimum atomic E-state index is -0.450. The van der Waals surface area contributed by atoms with E-state index in [0.717, 1.165) is 15.9 Å². The van der Waals surface area contributed by atoms with Gasteiger partial charge in [0.1, 0.15) is 5.82 Å². The first-order chi connectivity index (χ1) is 11.6. The van der Waals surface area contributed by atoms with E-state index in [1.54, 1.807) is 12.1 Å². The number of hydrogen-bond donors (Lipinski definition) is 2. The van der Waals surface area contributed by atoms with Gasteiger partial charge in [0, 0.05) is 17.0 Å². The molecule has 7 nitrogen and oxygen atoms in total.